The van der Waals surface area contributed by atoms with Gasteiger partial charge in [0.05, 0.1) is 6.61 Å². The molecule has 2 rings (SSSR count). The summed E-state index contributed by atoms with van der Waals surface area (Å²) in [5.74, 6) is 0. The summed E-state index contributed by atoms with van der Waals surface area (Å²) >= 11 is 0. The van der Waals surface area contributed by atoms with E-state index in [2.05, 4.69) is 0 Å². The quantitative estimate of drug-likeness (QED) is 0.690. The van der Waals surface area contributed by atoms with Crippen molar-refractivity contribution < 1.29 is 13.5 Å². The van der Waals surface area contributed by atoms with Gasteiger partial charge in [0, 0.05) is 25.7 Å². The minimum Gasteiger partial charge on any atom is -0.395 e. The van der Waals surface area contributed by atoms with E-state index in [0.29, 0.717) is 13.1 Å². The fraction of sp³-hybridized carbons (Fsp3) is 1.00. The lowest BCUT2D eigenvalue weighted by atomic mass is 9.93. The third kappa shape index (κ3) is 1.56. The third-order valence-electron chi connectivity index (χ3n) is 3.02. The van der Waals surface area contributed by atoms with Crippen molar-refractivity contribution in [2.45, 2.75) is 25.3 Å². The molecule has 14 heavy (non-hydrogen) atoms. The van der Waals surface area contributed by atoms with E-state index in [1.807, 2.05) is 0 Å². The lowest BCUT2D eigenvalue weighted by Gasteiger charge is -2.33. The molecule has 1 saturated heterocycles. The van der Waals surface area contributed by atoms with E-state index < -0.39 is 10.2 Å². The highest BCUT2D eigenvalue weighted by molar-refractivity contribution is 7.87. The molecule has 0 aromatic carbocycles. The van der Waals surface area contributed by atoms with Crippen LogP contribution >= 0.6 is 0 Å². The zero-order valence-electron chi connectivity index (χ0n) is 8.09. The van der Waals surface area contributed by atoms with Gasteiger partial charge in [-0.3, -0.25) is 0 Å². The van der Waals surface area contributed by atoms with Crippen LogP contribution < -0.4 is 0 Å². The molecular weight excluding hydrogens is 204 g/mol. The maximum atomic E-state index is 11.9. The Labute approximate surface area is 84.5 Å². The first-order chi connectivity index (χ1) is 6.66. The zero-order valence-corrected chi connectivity index (χ0v) is 8.91. The van der Waals surface area contributed by atoms with Crippen LogP contribution in [0.25, 0.3) is 0 Å². The predicted octanol–water partition coefficient (Wildman–Crippen LogP) is -0.606. The van der Waals surface area contributed by atoms with Gasteiger partial charge in [0.2, 0.25) is 0 Å². The van der Waals surface area contributed by atoms with Crippen LogP contribution in [0, 0.1) is 0 Å². The lowest BCUT2D eigenvalue weighted by molar-refractivity contribution is 0.235. The second kappa shape index (κ2) is 3.77. The summed E-state index contributed by atoms with van der Waals surface area (Å²) in [4.78, 5) is 0. The summed E-state index contributed by atoms with van der Waals surface area (Å²) in [7, 11) is -3.24. The van der Waals surface area contributed by atoms with Gasteiger partial charge in [0.15, 0.2) is 0 Å². The summed E-state index contributed by atoms with van der Waals surface area (Å²) in [6, 6.07) is 0.226. The molecule has 0 aromatic heterocycles. The van der Waals surface area contributed by atoms with Gasteiger partial charge in [-0.2, -0.15) is 17.0 Å². The molecule has 1 heterocycles. The summed E-state index contributed by atoms with van der Waals surface area (Å²) in [5.41, 5.74) is 0. The van der Waals surface area contributed by atoms with Crippen molar-refractivity contribution in [3.8, 4) is 0 Å². The number of β-amino-alcohol motifs (C(OH)–C–C–N with tert-alkyl or cyclic N) is 1. The molecule has 1 saturated carbocycles. The standard InChI is InChI=1S/C8H16N2O3S/c11-7-6-9-4-5-10(14(9,12)13)8-2-1-3-8/h8,11H,1-7H2. The molecule has 1 N–H and O–H groups in total. The van der Waals surface area contributed by atoms with E-state index in [1.54, 1.807) is 4.31 Å². The number of aliphatic hydroxyl groups is 1. The molecule has 0 atom stereocenters. The fourth-order valence-corrected chi connectivity index (χ4v) is 3.79. The van der Waals surface area contributed by atoms with Gasteiger partial charge < -0.3 is 5.11 Å². The molecule has 0 bridgehead atoms. The van der Waals surface area contributed by atoms with E-state index in [1.165, 1.54) is 4.31 Å². The van der Waals surface area contributed by atoms with Crippen LogP contribution in [0.15, 0.2) is 0 Å². The van der Waals surface area contributed by atoms with Crippen molar-refractivity contribution in [1.29, 1.82) is 0 Å². The van der Waals surface area contributed by atoms with Gasteiger partial charge >= 0.3 is 0 Å². The monoisotopic (exact) mass is 220 g/mol. The Balaban J connectivity index is 2.08. The van der Waals surface area contributed by atoms with E-state index in [4.69, 9.17) is 5.11 Å². The Bertz CT molecular complexity index is 300. The summed E-state index contributed by atoms with van der Waals surface area (Å²) in [5, 5.41) is 8.73. The van der Waals surface area contributed by atoms with Crippen molar-refractivity contribution >= 4 is 10.2 Å². The van der Waals surface area contributed by atoms with Gasteiger partial charge in [0.25, 0.3) is 10.2 Å². The van der Waals surface area contributed by atoms with Gasteiger partial charge in [-0.1, -0.05) is 6.42 Å². The topological polar surface area (TPSA) is 60.9 Å². The molecule has 0 amide bonds. The number of rotatable bonds is 3. The average molecular weight is 220 g/mol. The van der Waals surface area contributed by atoms with Crippen molar-refractivity contribution in [1.82, 2.24) is 8.61 Å². The van der Waals surface area contributed by atoms with Gasteiger partial charge in [-0.05, 0) is 12.8 Å². The van der Waals surface area contributed by atoms with Crippen molar-refractivity contribution in [3.05, 3.63) is 0 Å². The van der Waals surface area contributed by atoms with E-state index in [9.17, 15) is 8.42 Å². The van der Waals surface area contributed by atoms with Gasteiger partial charge in [-0.15, -0.1) is 0 Å². The predicted molar refractivity (Wildman–Crippen MR) is 51.9 cm³/mol. The highest BCUT2D eigenvalue weighted by atomic mass is 32.2. The summed E-state index contributed by atoms with van der Waals surface area (Å²) in [6.45, 7) is 1.25. The van der Waals surface area contributed by atoms with Crippen LogP contribution in [-0.4, -0.2) is 54.4 Å². The minimum atomic E-state index is -3.24. The van der Waals surface area contributed by atoms with Crippen LogP contribution in [0.4, 0.5) is 0 Å². The normalized spacial score (nSPS) is 29.2. The molecule has 2 fully saturated rings. The Morgan fingerprint density at radius 2 is 2.00 bits per heavy atom. The molecule has 82 valence electrons. The van der Waals surface area contributed by atoms with Crippen molar-refractivity contribution in [2.24, 2.45) is 0 Å². The SMILES string of the molecule is O=S1(=O)N(CCO)CCN1C1CCC1. The second-order valence-corrected chi connectivity index (χ2v) is 5.71. The summed E-state index contributed by atoms with van der Waals surface area (Å²) < 4.78 is 26.7. The molecule has 0 unspecified atom stereocenters. The maximum Gasteiger partial charge on any atom is 0.282 e. The summed E-state index contributed by atoms with van der Waals surface area (Å²) in [6.07, 6.45) is 3.12. The van der Waals surface area contributed by atoms with Crippen LogP contribution in [0.5, 0.6) is 0 Å². The van der Waals surface area contributed by atoms with Gasteiger partial charge in [0.1, 0.15) is 0 Å². The Kier molecular flexibility index (Phi) is 2.79. The first-order valence-electron chi connectivity index (χ1n) is 5.04. The molecule has 0 spiro atoms. The lowest BCUT2D eigenvalue weighted by Crippen LogP contribution is -2.43. The Hall–Kier alpha value is -0.170. The molecule has 5 nitrogen and oxygen atoms in total. The number of aliphatic hydroxyl groups excluding tert-OH is 1. The van der Waals surface area contributed by atoms with E-state index >= 15 is 0 Å². The van der Waals surface area contributed by atoms with Crippen molar-refractivity contribution in [3.63, 3.8) is 0 Å². The fourth-order valence-electron chi connectivity index (χ4n) is 1.97. The largest absolute Gasteiger partial charge is 0.395 e. The van der Waals surface area contributed by atoms with Crippen molar-refractivity contribution in [2.75, 3.05) is 26.2 Å². The molecular formula is C8H16N2O3S. The van der Waals surface area contributed by atoms with Crippen LogP contribution in [0.1, 0.15) is 19.3 Å². The number of hydrogen-bond donors (Lipinski definition) is 1. The zero-order chi connectivity index (χ0) is 10.2. The molecule has 2 aliphatic rings. The van der Waals surface area contributed by atoms with E-state index in [0.717, 1.165) is 19.3 Å². The smallest absolute Gasteiger partial charge is 0.282 e. The molecule has 1 aliphatic heterocycles. The third-order valence-corrected chi connectivity index (χ3v) is 5.11. The van der Waals surface area contributed by atoms with Crippen LogP contribution in [-0.2, 0) is 10.2 Å². The van der Waals surface area contributed by atoms with Crippen LogP contribution in [0.2, 0.25) is 0 Å². The molecule has 1 aliphatic carbocycles. The highest BCUT2D eigenvalue weighted by Gasteiger charge is 2.42. The molecule has 6 heteroatoms. The van der Waals surface area contributed by atoms with Crippen LogP contribution in [0.3, 0.4) is 0 Å². The average Bonchev–Trinajstić information content (AvgIpc) is 2.29. The number of nitrogens with zero attached hydrogens (tertiary/aromatic N) is 2. The second-order valence-electron chi connectivity index (χ2n) is 3.83. The first-order valence-corrected chi connectivity index (χ1v) is 6.44. The highest BCUT2D eigenvalue weighted by Crippen LogP contribution is 2.30. The molecule has 0 aromatic rings. The van der Waals surface area contributed by atoms with Gasteiger partial charge in [-0.25, -0.2) is 0 Å². The Morgan fingerprint density at radius 3 is 2.50 bits per heavy atom. The molecule has 0 radical (unpaired) electrons. The minimum absolute atomic E-state index is 0.0995. The van der Waals surface area contributed by atoms with E-state index in [-0.39, 0.29) is 19.2 Å². The Morgan fingerprint density at radius 1 is 1.29 bits per heavy atom. The maximum absolute atomic E-state index is 11.9. The number of hydrogen-bond acceptors (Lipinski definition) is 3. The first kappa shape index (κ1) is 10.4.